The van der Waals surface area contributed by atoms with Crippen molar-refractivity contribution < 1.29 is 9.32 Å². The lowest BCUT2D eigenvalue weighted by Crippen LogP contribution is -2.27. The van der Waals surface area contributed by atoms with Crippen LogP contribution in [0.15, 0.2) is 28.8 Å². The molecule has 2 rings (SSSR count). The Morgan fingerprint density at radius 1 is 1.10 bits per heavy atom. The number of rotatable bonds is 4. The lowest BCUT2D eigenvalue weighted by molar-refractivity contribution is 0.0938. The summed E-state index contributed by atoms with van der Waals surface area (Å²) in [4.78, 5) is 12.3. The Labute approximate surface area is 125 Å². The second kappa shape index (κ2) is 6.12. The first kappa shape index (κ1) is 15.3. The van der Waals surface area contributed by atoms with Crippen LogP contribution < -0.4 is 5.32 Å². The molecule has 0 bridgehead atoms. The molecular weight excluding hydrogens is 264 g/mol. The largest absolute Gasteiger partial charge is 0.361 e. The van der Waals surface area contributed by atoms with Gasteiger partial charge in [0.25, 0.3) is 5.91 Å². The molecule has 21 heavy (non-hydrogen) atoms. The van der Waals surface area contributed by atoms with Gasteiger partial charge in [0.1, 0.15) is 11.3 Å². The summed E-state index contributed by atoms with van der Waals surface area (Å²) in [6.45, 7) is 9.82. The predicted octanol–water partition coefficient (Wildman–Crippen LogP) is 3.91. The Hall–Kier alpha value is -2.10. The van der Waals surface area contributed by atoms with Crippen molar-refractivity contribution in [2.45, 2.75) is 46.6 Å². The maximum atomic E-state index is 12.3. The van der Waals surface area contributed by atoms with E-state index >= 15 is 0 Å². The van der Waals surface area contributed by atoms with E-state index in [0.29, 0.717) is 22.9 Å². The first-order valence-electron chi connectivity index (χ1n) is 7.23. The molecule has 0 saturated heterocycles. The highest BCUT2D eigenvalue weighted by atomic mass is 16.5. The molecule has 1 N–H and O–H groups in total. The van der Waals surface area contributed by atoms with Gasteiger partial charge in [0.2, 0.25) is 0 Å². The molecule has 1 aromatic carbocycles. The van der Waals surface area contributed by atoms with Crippen LogP contribution in [0.5, 0.6) is 0 Å². The average Bonchev–Trinajstić information content (AvgIpc) is 2.78. The number of hydrogen-bond donors (Lipinski definition) is 1. The van der Waals surface area contributed by atoms with E-state index in [1.54, 1.807) is 13.8 Å². The Balaban J connectivity index is 2.11. The molecule has 112 valence electrons. The third kappa shape index (κ3) is 3.32. The van der Waals surface area contributed by atoms with Gasteiger partial charge in [0.05, 0.1) is 11.7 Å². The van der Waals surface area contributed by atoms with Crippen molar-refractivity contribution >= 4 is 5.91 Å². The summed E-state index contributed by atoms with van der Waals surface area (Å²) in [6, 6.07) is 8.28. The Kier molecular flexibility index (Phi) is 4.46. The minimum Gasteiger partial charge on any atom is -0.361 e. The van der Waals surface area contributed by atoms with Gasteiger partial charge in [-0.1, -0.05) is 43.3 Å². The summed E-state index contributed by atoms with van der Waals surface area (Å²) in [5, 5.41) is 6.80. The maximum Gasteiger partial charge on any atom is 0.257 e. The van der Waals surface area contributed by atoms with Crippen LogP contribution in [-0.2, 0) is 0 Å². The number of aryl methyl sites for hydroxylation is 2. The number of carbonyl (C=O) groups excluding carboxylic acids is 1. The minimum absolute atomic E-state index is 0.0626. The summed E-state index contributed by atoms with van der Waals surface area (Å²) < 4.78 is 5.03. The lowest BCUT2D eigenvalue weighted by Gasteiger charge is -2.15. The van der Waals surface area contributed by atoms with Gasteiger partial charge in [-0.15, -0.1) is 0 Å². The Morgan fingerprint density at radius 3 is 2.14 bits per heavy atom. The van der Waals surface area contributed by atoms with Gasteiger partial charge in [-0.3, -0.25) is 4.79 Å². The van der Waals surface area contributed by atoms with E-state index in [4.69, 9.17) is 4.52 Å². The SMILES string of the molecule is Cc1noc(C)c1C(=O)N[C@H](C)c1ccc(C(C)C)cc1. The molecule has 0 aliphatic heterocycles. The van der Waals surface area contributed by atoms with Crippen LogP contribution in [0, 0.1) is 13.8 Å². The highest BCUT2D eigenvalue weighted by Crippen LogP contribution is 2.20. The molecule has 0 spiro atoms. The normalized spacial score (nSPS) is 12.5. The van der Waals surface area contributed by atoms with E-state index in [1.165, 1.54) is 5.56 Å². The molecule has 1 heterocycles. The molecule has 1 aromatic heterocycles. The van der Waals surface area contributed by atoms with Gasteiger partial charge >= 0.3 is 0 Å². The van der Waals surface area contributed by atoms with Gasteiger partial charge in [-0.25, -0.2) is 0 Å². The van der Waals surface area contributed by atoms with Crippen LogP contribution in [0.4, 0.5) is 0 Å². The summed E-state index contributed by atoms with van der Waals surface area (Å²) >= 11 is 0. The molecule has 2 aromatic rings. The van der Waals surface area contributed by atoms with Crippen molar-refractivity contribution in [2.75, 3.05) is 0 Å². The number of hydrogen-bond acceptors (Lipinski definition) is 3. The second-order valence-electron chi connectivity index (χ2n) is 5.72. The van der Waals surface area contributed by atoms with Crippen molar-refractivity contribution in [3.05, 3.63) is 52.4 Å². The third-order valence-corrected chi connectivity index (χ3v) is 3.71. The average molecular weight is 286 g/mol. The molecule has 0 aliphatic carbocycles. The molecule has 1 amide bonds. The molecule has 0 fully saturated rings. The molecule has 4 nitrogen and oxygen atoms in total. The van der Waals surface area contributed by atoms with Crippen LogP contribution in [0.2, 0.25) is 0 Å². The highest BCUT2D eigenvalue weighted by Gasteiger charge is 2.19. The number of nitrogens with one attached hydrogen (secondary N) is 1. The molecular formula is C17H22N2O2. The molecule has 4 heteroatoms. The summed E-state index contributed by atoms with van der Waals surface area (Å²) in [5.74, 6) is 0.908. The van der Waals surface area contributed by atoms with Gasteiger partial charge in [-0.2, -0.15) is 0 Å². The van der Waals surface area contributed by atoms with E-state index in [1.807, 2.05) is 6.92 Å². The van der Waals surface area contributed by atoms with Crippen molar-refractivity contribution in [1.29, 1.82) is 0 Å². The van der Waals surface area contributed by atoms with Crippen LogP contribution in [0.3, 0.4) is 0 Å². The fourth-order valence-corrected chi connectivity index (χ4v) is 2.33. The van der Waals surface area contributed by atoms with E-state index in [-0.39, 0.29) is 11.9 Å². The topological polar surface area (TPSA) is 55.1 Å². The Bertz CT molecular complexity index is 607. The second-order valence-corrected chi connectivity index (χ2v) is 5.72. The minimum atomic E-state index is -0.147. The molecule has 0 radical (unpaired) electrons. The standard InChI is InChI=1S/C17H22N2O2/c1-10(2)14-6-8-15(9-7-14)11(3)18-17(20)16-12(4)19-21-13(16)5/h6-11H,1-5H3,(H,18,20)/t11-/m1/s1. The van der Waals surface area contributed by atoms with Crippen molar-refractivity contribution in [3.63, 3.8) is 0 Å². The summed E-state index contributed by atoms with van der Waals surface area (Å²) in [5.41, 5.74) is 3.52. The van der Waals surface area contributed by atoms with Crippen molar-refractivity contribution in [2.24, 2.45) is 0 Å². The van der Waals surface area contributed by atoms with Crippen LogP contribution in [0.25, 0.3) is 0 Å². The summed E-state index contributed by atoms with van der Waals surface area (Å²) in [7, 11) is 0. The number of nitrogens with zero attached hydrogens (tertiary/aromatic N) is 1. The number of aromatic nitrogens is 1. The molecule has 1 atom stereocenters. The first-order valence-corrected chi connectivity index (χ1v) is 7.23. The van der Waals surface area contributed by atoms with E-state index < -0.39 is 0 Å². The zero-order valence-corrected chi connectivity index (χ0v) is 13.2. The van der Waals surface area contributed by atoms with Gasteiger partial charge in [-0.05, 0) is 37.8 Å². The van der Waals surface area contributed by atoms with E-state index in [2.05, 4.69) is 48.6 Å². The monoisotopic (exact) mass is 286 g/mol. The van der Waals surface area contributed by atoms with Crippen LogP contribution >= 0.6 is 0 Å². The summed E-state index contributed by atoms with van der Waals surface area (Å²) in [6.07, 6.45) is 0. The zero-order valence-electron chi connectivity index (χ0n) is 13.2. The highest BCUT2D eigenvalue weighted by molar-refractivity contribution is 5.96. The van der Waals surface area contributed by atoms with Crippen LogP contribution in [0.1, 0.15) is 65.7 Å². The zero-order chi connectivity index (χ0) is 15.6. The quantitative estimate of drug-likeness (QED) is 0.927. The third-order valence-electron chi connectivity index (χ3n) is 3.71. The first-order chi connectivity index (χ1) is 9.90. The number of benzene rings is 1. The fourth-order valence-electron chi connectivity index (χ4n) is 2.33. The predicted molar refractivity (Wildman–Crippen MR) is 82.4 cm³/mol. The smallest absolute Gasteiger partial charge is 0.257 e. The van der Waals surface area contributed by atoms with Gasteiger partial charge < -0.3 is 9.84 Å². The van der Waals surface area contributed by atoms with Crippen molar-refractivity contribution in [1.82, 2.24) is 10.5 Å². The number of carbonyl (C=O) groups is 1. The van der Waals surface area contributed by atoms with E-state index in [0.717, 1.165) is 5.56 Å². The molecule has 0 saturated carbocycles. The van der Waals surface area contributed by atoms with Gasteiger partial charge in [0.15, 0.2) is 0 Å². The van der Waals surface area contributed by atoms with Crippen molar-refractivity contribution in [3.8, 4) is 0 Å². The maximum absolute atomic E-state index is 12.3. The fraction of sp³-hybridized carbons (Fsp3) is 0.412. The Morgan fingerprint density at radius 2 is 1.67 bits per heavy atom. The van der Waals surface area contributed by atoms with Crippen LogP contribution in [-0.4, -0.2) is 11.1 Å². The van der Waals surface area contributed by atoms with Gasteiger partial charge in [0, 0.05) is 0 Å². The number of amides is 1. The molecule has 0 unspecified atom stereocenters. The van der Waals surface area contributed by atoms with E-state index in [9.17, 15) is 4.79 Å². The molecule has 0 aliphatic rings. The lowest BCUT2D eigenvalue weighted by atomic mass is 9.99.